The highest BCUT2D eigenvalue weighted by atomic mass is 15.4. The highest BCUT2D eigenvalue weighted by Crippen LogP contribution is 2.07. The maximum Gasteiger partial charge on any atom is 0.0831 e. The van der Waals surface area contributed by atoms with E-state index in [9.17, 15) is 0 Å². The Morgan fingerprint density at radius 2 is 2.00 bits per heavy atom. The molecule has 0 bridgehead atoms. The normalized spacial score (nSPS) is 10.6. The van der Waals surface area contributed by atoms with Gasteiger partial charge in [0.15, 0.2) is 0 Å². The van der Waals surface area contributed by atoms with Crippen LogP contribution in [-0.2, 0) is 6.42 Å². The van der Waals surface area contributed by atoms with Crippen LogP contribution in [-0.4, -0.2) is 28.6 Å². The van der Waals surface area contributed by atoms with Crippen molar-refractivity contribution >= 4 is 0 Å². The number of hydrogen-bond donors (Lipinski definition) is 1. The zero-order chi connectivity index (χ0) is 11.9. The summed E-state index contributed by atoms with van der Waals surface area (Å²) in [5.74, 6) is 0. The lowest BCUT2D eigenvalue weighted by Gasteiger charge is -1.98. The van der Waals surface area contributed by atoms with Crippen molar-refractivity contribution in [3.63, 3.8) is 0 Å². The van der Waals surface area contributed by atoms with Gasteiger partial charge in [0.1, 0.15) is 0 Å². The summed E-state index contributed by atoms with van der Waals surface area (Å²) in [6, 6.07) is 10.1. The lowest BCUT2D eigenvalue weighted by molar-refractivity contribution is 0.669. The molecular formula is C13H18N4. The van der Waals surface area contributed by atoms with Crippen LogP contribution >= 0.6 is 0 Å². The minimum atomic E-state index is 0.995. The first-order valence-corrected chi connectivity index (χ1v) is 6.01. The molecule has 0 unspecified atom stereocenters. The van der Waals surface area contributed by atoms with Crippen LogP contribution in [0.15, 0.2) is 36.5 Å². The largest absolute Gasteiger partial charge is 0.320 e. The van der Waals surface area contributed by atoms with Gasteiger partial charge in [-0.1, -0.05) is 23.4 Å². The van der Waals surface area contributed by atoms with E-state index in [1.54, 1.807) is 0 Å². The molecule has 0 spiro atoms. The topological polar surface area (TPSA) is 42.7 Å². The third-order valence-corrected chi connectivity index (χ3v) is 2.67. The van der Waals surface area contributed by atoms with Crippen LogP contribution in [0.2, 0.25) is 0 Å². The number of nitrogens with one attached hydrogen (secondary N) is 1. The van der Waals surface area contributed by atoms with Crippen molar-refractivity contribution in [2.24, 2.45) is 0 Å². The van der Waals surface area contributed by atoms with Gasteiger partial charge in [-0.15, -0.1) is 5.10 Å². The van der Waals surface area contributed by atoms with Crippen LogP contribution in [0.5, 0.6) is 0 Å². The van der Waals surface area contributed by atoms with E-state index in [0.717, 1.165) is 30.8 Å². The first-order valence-electron chi connectivity index (χ1n) is 6.01. The number of para-hydroxylation sites is 1. The van der Waals surface area contributed by atoms with E-state index in [-0.39, 0.29) is 0 Å². The lowest BCUT2D eigenvalue weighted by Crippen LogP contribution is -2.07. The Kier molecular flexibility index (Phi) is 4.27. The summed E-state index contributed by atoms with van der Waals surface area (Å²) in [6.45, 7) is 1.06. The molecule has 0 aliphatic rings. The molecule has 0 saturated heterocycles. The number of benzene rings is 1. The number of hydrogen-bond acceptors (Lipinski definition) is 3. The predicted molar refractivity (Wildman–Crippen MR) is 68.2 cm³/mol. The summed E-state index contributed by atoms with van der Waals surface area (Å²) < 4.78 is 1.83. The van der Waals surface area contributed by atoms with Gasteiger partial charge >= 0.3 is 0 Å². The van der Waals surface area contributed by atoms with E-state index in [2.05, 4.69) is 15.6 Å². The number of aromatic nitrogens is 3. The smallest absolute Gasteiger partial charge is 0.0831 e. The molecule has 4 heteroatoms. The number of nitrogens with zero attached hydrogens (tertiary/aromatic N) is 3. The van der Waals surface area contributed by atoms with Crippen molar-refractivity contribution in [1.29, 1.82) is 0 Å². The highest BCUT2D eigenvalue weighted by molar-refractivity contribution is 5.29. The van der Waals surface area contributed by atoms with Gasteiger partial charge in [0.05, 0.1) is 17.6 Å². The van der Waals surface area contributed by atoms with Crippen molar-refractivity contribution in [2.45, 2.75) is 19.3 Å². The SMILES string of the molecule is CNCCCCc1cn(-c2ccccc2)nn1. The highest BCUT2D eigenvalue weighted by Gasteiger charge is 2.01. The molecule has 2 rings (SSSR count). The second-order valence-corrected chi connectivity index (χ2v) is 4.05. The first kappa shape index (κ1) is 11.8. The summed E-state index contributed by atoms with van der Waals surface area (Å²) in [4.78, 5) is 0. The van der Waals surface area contributed by atoms with Crippen LogP contribution in [0.25, 0.3) is 5.69 Å². The van der Waals surface area contributed by atoms with Crippen molar-refractivity contribution in [3.8, 4) is 5.69 Å². The Morgan fingerprint density at radius 3 is 2.76 bits per heavy atom. The fourth-order valence-corrected chi connectivity index (χ4v) is 1.73. The summed E-state index contributed by atoms with van der Waals surface area (Å²) in [5.41, 5.74) is 2.12. The van der Waals surface area contributed by atoms with Gasteiger partial charge in [-0.25, -0.2) is 4.68 Å². The van der Waals surface area contributed by atoms with Crippen molar-refractivity contribution in [3.05, 3.63) is 42.2 Å². The van der Waals surface area contributed by atoms with Crippen molar-refractivity contribution in [2.75, 3.05) is 13.6 Å². The third kappa shape index (κ3) is 3.39. The number of rotatable bonds is 6. The molecular weight excluding hydrogens is 212 g/mol. The fraction of sp³-hybridized carbons (Fsp3) is 0.385. The molecule has 2 aromatic rings. The van der Waals surface area contributed by atoms with Gasteiger partial charge in [-0.2, -0.15) is 0 Å². The second kappa shape index (κ2) is 6.15. The average Bonchev–Trinajstić information content (AvgIpc) is 2.85. The molecule has 0 atom stereocenters. The minimum absolute atomic E-state index is 0.995. The van der Waals surface area contributed by atoms with Gasteiger partial charge in [0.25, 0.3) is 0 Å². The van der Waals surface area contributed by atoms with Crippen LogP contribution in [0.3, 0.4) is 0 Å². The van der Waals surface area contributed by atoms with E-state index >= 15 is 0 Å². The molecule has 0 saturated carbocycles. The lowest BCUT2D eigenvalue weighted by atomic mass is 10.2. The molecule has 1 heterocycles. The second-order valence-electron chi connectivity index (χ2n) is 4.05. The quantitative estimate of drug-likeness (QED) is 0.770. The third-order valence-electron chi connectivity index (χ3n) is 2.67. The summed E-state index contributed by atoms with van der Waals surface area (Å²) >= 11 is 0. The molecule has 1 aromatic heterocycles. The molecule has 17 heavy (non-hydrogen) atoms. The maximum absolute atomic E-state index is 4.18. The van der Waals surface area contributed by atoms with E-state index in [1.165, 1.54) is 6.42 Å². The van der Waals surface area contributed by atoms with Crippen LogP contribution in [0.1, 0.15) is 18.5 Å². The Morgan fingerprint density at radius 1 is 1.18 bits per heavy atom. The molecule has 90 valence electrons. The first-order chi connectivity index (χ1) is 8.40. The van der Waals surface area contributed by atoms with E-state index in [0.29, 0.717) is 0 Å². The molecule has 0 aliphatic heterocycles. The zero-order valence-corrected chi connectivity index (χ0v) is 10.1. The summed E-state index contributed by atoms with van der Waals surface area (Å²) in [5, 5.41) is 11.5. The van der Waals surface area contributed by atoms with Gasteiger partial charge in [0, 0.05) is 0 Å². The molecule has 1 aromatic carbocycles. The van der Waals surface area contributed by atoms with Crippen molar-refractivity contribution in [1.82, 2.24) is 20.3 Å². The standard InChI is InChI=1S/C13H18N4/c1-14-10-6-5-7-12-11-17(16-15-12)13-8-3-2-4-9-13/h2-4,8-9,11,14H,5-7,10H2,1H3. The zero-order valence-electron chi connectivity index (χ0n) is 10.1. The van der Waals surface area contributed by atoms with Crippen molar-refractivity contribution < 1.29 is 0 Å². The van der Waals surface area contributed by atoms with E-state index in [4.69, 9.17) is 0 Å². The molecule has 0 radical (unpaired) electrons. The van der Waals surface area contributed by atoms with E-state index in [1.807, 2.05) is 48.3 Å². The summed E-state index contributed by atoms with van der Waals surface area (Å²) in [6.07, 6.45) is 5.33. The predicted octanol–water partition coefficient (Wildman–Crippen LogP) is 1.81. The Balaban J connectivity index is 1.92. The number of unbranched alkanes of at least 4 members (excludes halogenated alkanes) is 1. The van der Waals surface area contributed by atoms with Crippen LogP contribution in [0, 0.1) is 0 Å². The minimum Gasteiger partial charge on any atom is -0.320 e. The molecule has 0 aliphatic carbocycles. The van der Waals surface area contributed by atoms with Gasteiger partial charge in [0.2, 0.25) is 0 Å². The Bertz CT molecular complexity index is 436. The van der Waals surface area contributed by atoms with Gasteiger partial charge in [-0.3, -0.25) is 0 Å². The molecule has 0 amide bonds. The molecule has 1 N–H and O–H groups in total. The summed E-state index contributed by atoms with van der Waals surface area (Å²) in [7, 11) is 1.98. The Hall–Kier alpha value is -1.68. The van der Waals surface area contributed by atoms with Crippen LogP contribution < -0.4 is 5.32 Å². The fourth-order valence-electron chi connectivity index (χ4n) is 1.73. The number of aryl methyl sites for hydroxylation is 1. The van der Waals surface area contributed by atoms with Crippen LogP contribution in [0.4, 0.5) is 0 Å². The van der Waals surface area contributed by atoms with Gasteiger partial charge < -0.3 is 5.32 Å². The maximum atomic E-state index is 4.18. The van der Waals surface area contributed by atoms with E-state index < -0.39 is 0 Å². The monoisotopic (exact) mass is 230 g/mol. The average molecular weight is 230 g/mol. The van der Waals surface area contributed by atoms with Gasteiger partial charge in [-0.05, 0) is 45.0 Å². The Labute approximate surface area is 102 Å². The molecule has 0 fully saturated rings. The molecule has 4 nitrogen and oxygen atoms in total.